The predicted octanol–water partition coefficient (Wildman–Crippen LogP) is 3.54. The van der Waals surface area contributed by atoms with E-state index in [0.717, 1.165) is 36.1 Å². The Balaban J connectivity index is 1.74. The van der Waals surface area contributed by atoms with Crippen molar-refractivity contribution < 1.29 is 0 Å². The quantitative estimate of drug-likeness (QED) is 0.852. The van der Waals surface area contributed by atoms with Crippen LogP contribution in [0.4, 0.5) is 5.69 Å². The van der Waals surface area contributed by atoms with Gasteiger partial charge in [0.05, 0.1) is 4.34 Å². The van der Waals surface area contributed by atoms with Crippen LogP contribution in [-0.2, 0) is 19.5 Å². The molecule has 1 aromatic carbocycles. The third-order valence-electron chi connectivity index (χ3n) is 3.33. The first-order valence-corrected chi connectivity index (χ1v) is 7.24. The van der Waals surface area contributed by atoms with Crippen LogP contribution in [-0.4, -0.2) is 11.4 Å². The van der Waals surface area contributed by atoms with Crippen LogP contribution >= 0.6 is 22.9 Å². The zero-order chi connectivity index (χ0) is 12.5. The largest absolute Gasteiger partial charge is 0.399 e. The van der Waals surface area contributed by atoms with Gasteiger partial charge in [-0.25, -0.2) is 0 Å². The molecule has 1 aliphatic rings. The Kier molecular flexibility index (Phi) is 3.29. The zero-order valence-electron chi connectivity index (χ0n) is 10.0. The van der Waals surface area contributed by atoms with Crippen molar-refractivity contribution in [2.75, 3.05) is 12.3 Å². The number of fused-ring (bicyclic) bond motifs is 1. The van der Waals surface area contributed by atoms with E-state index in [1.54, 1.807) is 11.3 Å². The monoisotopic (exact) mass is 278 g/mol. The van der Waals surface area contributed by atoms with Gasteiger partial charge in [0, 0.05) is 30.2 Å². The van der Waals surface area contributed by atoms with Crippen molar-refractivity contribution in [2.45, 2.75) is 19.5 Å². The molecule has 0 fully saturated rings. The van der Waals surface area contributed by atoms with Crippen molar-refractivity contribution in [3.63, 3.8) is 0 Å². The molecule has 2 nitrogen and oxygen atoms in total. The second kappa shape index (κ2) is 4.92. The third kappa shape index (κ3) is 2.53. The molecule has 0 unspecified atom stereocenters. The number of hydrogen-bond donors (Lipinski definition) is 1. The summed E-state index contributed by atoms with van der Waals surface area (Å²) in [6, 6.07) is 10.3. The maximum absolute atomic E-state index is 5.96. The van der Waals surface area contributed by atoms with Gasteiger partial charge in [0.25, 0.3) is 0 Å². The molecule has 3 rings (SSSR count). The fraction of sp³-hybridized carbons (Fsp3) is 0.286. The first-order chi connectivity index (χ1) is 8.70. The second-order valence-electron chi connectivity index (χ2n) is 4.69. The van der Waals surface area contributed by atoms with E-state index in [2.05, 4.69) is 23.1 Å². The lowest BCUT2D eigenvalue weighted by molar-refractivity contribution is 0.248. The van der Waals surface area contributed by atoms with Crippen LogP contribution in [0.5, 0.6) is 0 Å². The van der Waals surface area contributed by atoms with E-state index in [9.17, 15) is 0 Å². The number of thiophene rings is 1. The number of anilines is 1. The molecule has 0 amide bonds. The Morgan fingerprint density at radius 2 is 2.11 bits per heavy atom. The average Bonchev–Trinajstić information content (AvgIpc) is 2.74. The first-order valence-electron chi connectivity index (χ1n) is 6.04. The lowest BCUT2D eigenvalue weighted by Gasteiger charge is -2.28. The molecule has 1 aliphatic heterocycles. The minimum atomic E-state index is 0.856. The minimum absolute atomic E-state index is 0.856. The molecule has 4 heteroatoms. The Labute approximate surface area is 116 Å². The van der Waals surface area contributed by atoms with Crippen molar-refractivity contribution in [2.24, 2.45) is 0 Å². The van der Waals surface area contributed by atoms with Crippen molar-refractivity contribution in [3.05, 3.63) is 50.7 Å². The molecule has 0 bridgehead atoms. The Hall–Kier alpha value is -1.03. The number of nitrogens with zero attached hydrogens (tertiary/aromatic N) is 1. The van der Waals surface area contributed by atoms with Gasteiger partial charge in [-0.3, -0.25) is 4.90 Å². The maximum atomic E-state index is 5.96. The smallest absolute Gasteiger partial charge is 0.0931 e. The van der Waals surface area contributed by atoms with Gasteiger partial charge < -0.3 is 5.73 Å². The highest BCUT2D eigenvalue weighted by Crippen LogP contribution is 2.26. The van der Waals surface area contributed by atoms with Gasteiger partial charge in [-0.2, -0.15) is 0 Å². The summed E-state index contributed by atoms with van der Waals surface area (Å²) in [6.07, 6.45) is 1.11. The van der Waals surface area contributed by atoms with Gasteiger partial charge in [-0.1, -0.05) is 17.7 Å². The van der Waals surface area contributed by atoms with Crippen molar-refractivity contribution >= 4 is 28.6 Å². The molecule has 2 heterocycles. The Morgan fingerprint density at radius 3 is 2.89 bits per heavy atom. The molecule has 0 aliphatic carbocycles. The summed E-state index contributed by atoms with van der Waals surface area (Å²) in [5.41, 5.74) is 9.51. The van der Waals surface area contributed by atoms with Gasteiger partial charge in [0.15, 0.2) is 0 Å². The number of nitrogens with two attached hydrogens (primary N) is 1. The van der Waals surface area contributed by atoms with Gasteiger partial charge in [0.2, 0.25) is 0 Å². The number of hydrogen-bond acceptors (Lipinski definition) is 3. The summed E-state index contributed by atoms with van der Waals surface area (Å²) in [4.78, 5) is 3.77. The summed E-state index contributed by atoms with van der Waals surface area (Å²) in [5.74, 6) is 0. The van der Waals surface area contributed by atoms with Crippen LogP contribution in [0.1, 0.15) is 16.0 Å². The van der Waals surface area contributed by atoms with Gasteiger partial charge >= 0.3 is 0 Å². The van der Waals surface area contributed by atoms with E-state index < -0.39 is 0 Å². The van der Waals surface area contributed by atoms with Crippen molar-refractivity contribution in [1.82, 2.24) is 4.90 Å². The fourth-order valence-electron chi connectivity index (χ4n) is 2.43. The zero-order valence-corrected chi connectivity index (χ0v) is 11.6. The molecule has 18 heavy (non-hydrogen) atoms. The first kappa shape index (κ1) is 12.0. The minimum Gasteiger partial charge on any atom is -0.399 e. The SMILES string of the molecule is Nc1ccc2c(c1)CN(Cc1ccc(Cl)s1)CC2. The van der Waals surface area contributed by atoms with Crippen molar-refractivity contribution in [3.8, 4) is 0 Å². The molecule has 0 spiro atoms. The molecular formula is C14H15ClN2S. The molecule has 0 radical (unpaired) electrons. The average molecular weight is 279 g/mol. The summed E-state index contributed by atoms with van der Waals surface area (Å²) in [7, 11) is 0. The number of benzene rings is 1. The van der Waals surface area contributed by atoms with Gasteiger partial charge in [-0.05, 0) is 41.8 Å². The lowest BCUT2D eigenvalue weighted by Crippen LogP contribution is -2.29. The van der Waals surface area contributed by atoms with Crippen LogP contribution in [0, 0.1) is 0 Å². The van der Waals surface area contributed by atoms with Crippen LogP contribution in [0.25, 0.3) is 0 Å². The third-order valence-corrected chi connectivity index (χ3v) is 4.55. The maximum Gasteiger partial charge on any atom is 0.0931 e. The highest BCUT2D eigenvalue weighted by Gasteiger charge is 2.16. The molecule has 0 atom stereocenters. The van der Waals surface area contributed by atoms with E-state index in [1.807, 2.05) is 12.1 Å². The second-order valence-corrected chi connectivity index (χ2v) is 6.49. The van der Waals surface area contributed by atoms with E-state index >= 15 is 0 Å². The topological polar surface area (TPSA) is 29.3 Å². The number of halogens is 1. The molecule has 2 aromatic rings. The van der Waals surface area contributed by atoms with E-state index in [-0.39, 0.29) is 0 Å². The van der Waals surface area contributed by atoms with Gasteiger partial charge in [-0.15, -0.1) is 11.3 Å². The molecule has 0 saturated carbocycles. The molecule has 1 aromatic heterocycles. The number of nitrogen functional groups attached to an aromatic ring is 1. The summed E-state index contributed by atoms with van der Waals surface area (Å²) < 4.78 is 0.867. The van der Waals surface area contributed by atoms with Crippen LogP contribution in [0.2, 0.25) is 4.34 Å². The Morgan fingerprint density at radius 1 is 1.22 bits per heavy atom. The summed E-state index contributed by atoms with van der Waals surface area (Å²) in [5, 5.41) is 0. The molecular weight excluding hydrogens is 264 g/mol. The Bertz CT molecular complexity index is 565. The van der Waals surface area contributed by atoms with Gasteiger partial charge in [0.1, 0.15) is 0 Å². The predicted molar refractivity (Wildman–Crippen MR) is 78.0 cm³/mol. The van der Waals surface area contributed by atoms with E-state index in [0.29, 0.717) is 0 Å². The lowest BCUT2D eigenvalue weighted by atomic mass is 9.99. The normalized spacial score (nSPS) is 15.6. The number of rotatable bonds is 2. The summed E-state index contributed by atoms with van der Waals surface area (Å²) >= 11 is 7.63. The highest BCUT2D eigenvalue weighted by molar-refractivity contribution is 7.16. The van der Waals surface area contributed by atoms with E-state index in [4.69, 9.17) is 17.3 Å². The fourth-order valence-corrected chi connectivity index (χ4v) is 3.56. The molecule has 2 N–H and O–H groups in total. The molecule has 0 saturated heterocycles. The standard InChI is InChI=1S/C14H15ClN2S/c15-14-4-3-13(18-14)9-17-6-5-10-1-2-12(16)7-11(10)8-17/h1-4,7H,5-6,8-9,16H2. The van der Waals surface area contributed by atoms with Crippen molar-refractivity contribution in [1.29, 1.82) is 0 Å². The van der Waals surface area contributed by atoms with Crippen LogP contribution < -0.4 is 5.73 Å². The molecule has 94 valence electrons. The van der Waals surface area contributed by atoms with Crippen LogP contribution in [0.3, 0.4) is 0 Å². The van der Waals surface area contributed by atoms with E-state index in [1.165, 1.54) is 16.0 Å². The summed E-state index contributed by atoms with van der Waals surface area (Å²) in [6.45, 7) is 3.06. The van der Waals surface area contributed by atoms with Crippen LogP contribution in [0.15, 0.2) is 30.3 Å². The highest BCUT2D eigenvalue weighted by atomic mass is 35.5.